The van der Waals surface area contributed by atoms with E-state index in [1.54, 1.807) is 23.2 Å². The number of rotatable bonds is 8. The van der Waals surface area contributed by atoms with E-state index in [-0.39, 0.29) is 18.2 Å². The molecule has 1 saturated heterocycles. The highest BCUT2D eigenvalue weighted by Gasteiger charge is 2.35. The van der Waals surface area contributed by atoms with Crippen LogP contribution in [0.5, 0.6) is 11.5 Å². The Bertz CT molecular complexity index is 1070. The Morgan fingerprint density at radius 3 is 2.66 bits per heavy atom. The fraction of sp³-hybridized carbons (Fsp3) is 0.240. The second-order valence-electron chi connectivity index (χ2n) is 7.46. The molecular formula is C25H25N3O4. The summed E-state index contributed by atoms with van der Waals surface area (Å²) in [5.41, 5.74) is 2.21. The molecule has 2 heterocycles. The molecule has 1 aliphatic rings. The van der Waals surface area contributed by atoms with Crippen LogP contribution in [0.4, 0.5) is 11.4 Å². The molecule has 2 amide bonds. The summed E-state index contributed by atoms with van der Waals surface area (Å²) in [6.07, 6.45) is 1.89. The van der Waals surface area contributed by atoms with Gasteiger partial charge in [-0.2, -0.15) is 0 Å². The zero-order valence-corrected chi connectivity index (χ0v) is 17.9. The minimum atomic E-state index is -0.424. The molecule has 1 fully saturated rings. The molecule has 2 aromatic carbocycles. The van der Waals surface area contributed by atoms with E-state index in [0.29, 0.717) is 31.2 Å². The fourth-order valence-corrected chi connectivity index (χ4v) is 3.57. The maximum absolute atomic E-state index is 12.8. The highest BCUT2D eigenvalue weighted by atomic mass is 16.5. The Kier molecular flexibility index (Phi) is 6.65. The first-order chi connectivity index (χ1) is 15.6. The zero-order valence-electron chi connectivity index (χ0n) is 17.9. The number of anilines is 2. The molecule has 0 radical (unpaired) electrons. The van der Waals surface area contributed by atoms with E-state index in [0.717, 1.165) is 17.1 Å². The maximum atomic E-state index is 12.8. The number of pyridine rings is 1. The van der Waals surface area contributed by atoms with E-state index < -0.39 is 5.92 Å². The molecule has 32 heavy (non-hydrogen) atoms. The molecule has 1 unspecified atom stereocenters. The molecule has 0 bridgehead atoms. The van der Waals surface area contributed by atoms with Crippen molar-refractivity contribution in [3.8, 4) is 11.5 Å². The molecule has 1 aromatic heterocycles. The second kappa shape index (κ2) is 9.96. The summed E-state index contributed by atoms with van der Waals surface area (Å²) < 4.78 is 11.2. The highest BCUT2D eigenvalue weighted by Crippen LogP contribution is 2.28. The third-order valence-corrected chi connectivity index (χ3v) is 5.17. The van der Waals surface area contributed by atoms with Gasteiger partial charge in [0.05, 0.1) is 18.2 Å². The lowest BCUT2D eigenvalue weighted by atomic mass is 10.1. The molecule has 0 aliphatic carbocycles. The van der Waals surface area contributed by atoms with E-state index in [9.17, 15) is 9.59 Å². The summed E-state index contributed by atoms with van der Waals surface area (Å²) >= 11 is 0. The number of nitrogens with one attached hydrogen (secondary N) is 1. The molecule has 0 spiro atoms. The normalized spacial score (nSPS) is 15.5. The Morgan fingerprint density at radius 1 is 1.06 bits per heavy atom. The molecule has 7 heteroatoms. The Morgan fingerprint density at radius 2 is 1.91 bits per heavy atom. The topological polar surface area (TPSA) is 80.8 Å². The first kappa shape index (κ1) is 21.4. The predicted molar refractivity (Wildman–Crippen MR) is 122 cm³/mol. The van der Waals surface area contributed by atoms with Crippen molar-refractivity contribution in [1.82, 2.24) is 4.98 Å². The summed E-state index contributed by atoms with van der Waals surface area (Å²) in [5, 5.41) is 2.91. The van der Waals surface area contributed by atoms with Gasteiger partial charge in [-0.05, 0) is 55.5 Å². The number of amides is 2. The Balaban J connectivity index is 1.35. The van der Waals surface area contributed by atoms with Gasteiger partial charge in [0.15, 0.2) is 0 Å². The third kappa shape index (κ3) is 5.24. The minimum Gasteiger partial charge on any atom is -0.494 e. The van der Waals surface area contributed by atoms with Gasteiger partial charge in [0, 0.05) is 36.6 Å². The van der Waals surface area contributed by atoms with Gasteiger partial charge in [-0.15, -0.1) is 0 Å². The average Bonchev–Trinajstić information content (AvgIpc) is 3.21. The first-order valence-electron chi connectivity index (χ1n) is 10.6. The van der Waals surface area contributed by atoms with E-state index >= 15 is 0 Å². The summed E-state index contributed by atoms with van der Waals surface area (Å²) in [6, 6.07) is 20.2. The van der Waals surface area contributed by atoms with Crippen molar-refractivity contribution in [3.63, 3.8) is 0 Å². The third-order valence-electron chi connectivity index (χ3n) is 5.17. The van der Waals surface area contributed by atoms with Crippen LogP contribution in [-0.4, -0.2) is 29.9 Å². The fourth-order valence-electron chi connectivity index (χ4n) is 3.57. The number of nitrogens with zero attached hydrogens (tertiary/aromatic N) is 2. The van der Waals surface area contributed by atoms with Crippen LogP contribution in [0.3, 0.4) is 0 Å². The smallest absolute Gasteiger partial charge is 0.229 e. The van der Waals surface area contributed by atoms with Crippen LogP contribution in [0, 0.1) is 5.92 Å². The van der Waals surface area contributed by atoms with Gasteiger partial charge in [0.1, 0.15) is 18.1 Å². The van der Waals surface area contributed by atoms with Crippen LogP contribution in [-0.2, 0) is 16.2 Å². The van der Waals surface area contributed by atoms with Gasteiger partial charge < -0.3 is 19.7 Å². The largest absolute Gasteiger partial charge is 0.494 e. The van der Waals surface area contributed by atoms with Gasteiger partial charge >= 0.3 is 0 Å². The number of hydrogen-bond acceptors (Lipinski definition) is 5. The van der Waals surface area contributed by atoms with Gasteiger partial charge in [0.25, 0.3) is 0 Å². The molecule has 164 valence electrons. The molecular weight excluding hydrogens is 406 g/mol. The van der Waals surface area contributed by atoms with Gasteiger partial charge in [-0.25, -0.2) is 0 Å². The predicted octanol–water partition coefficient (Wildman–Crippen LogP) is 4.05. The van der Waals surface area contributed by atoms with Gasteiger partial charge in [-0.3, -0.25) is 14.6 Å². The Hall–Kier alpha value is -3.87. The van der Waals surface area contributed by atoms with Crippen LogP contribution in [0.2, 0.25) is 0 Å². The van der Waals surface area contributed by atoms with Gasteiger partial charge in [-0.1, -0.05) is 12.1 Å². The van der Waals surface area contributed by atoms with Gasteiger partial charge in [0.2, 0.25) is 11.8 Å². The molecule has 1 aliphatic heterocycles. The average molecular weight is 431 g/mol. The van der Waals surface area contributed by atoms with Crippen LogP contribution in [0.25, 0.3) is 0 Å². The molecule has 0 saturated carbocycles. The lowest BCUT2D eigenvalue weighted by Crippen LogP contribution is -2.28. The molecule has 3 aromatic rings. The summed E-state index contributed by atoms with van der Waals surface area (Å²) in [4.78, 5) is 31.2. The zero-order chi connectivity index (χ0) is 22.3. The number of carbonyl (C=O) groups excluding carboxylic acids is 2. The minimum absolute atomic E-state index is 0.0678. The number of ether oxygens (including phenoxy) is 2. The maximum Gasteiger partial charge on any atom is 0.229 e. The van der Waals surface area contributed by atoms with E-state index in [1.807, 2.05) is 61.5 Å². The number of carbonyl (C=O) groups is 2. The summed E-state index contributed by atoms with van der Waals surface area (Å²) in [5.74, 6) is 0.705. The van der Waals surface area contributed by atoms with Crippen LogP contribution < -0.4 is 19.7 Å². The van der Waals surface area contributed by atoms with Crippen LogP contribution in [0.1, 0.15) is 19.0 Å². The lowest BCUT2D eigenvalue weighted by Gasteiger charge is -2.17. The molecule has 7 nitrogen and oxygen atoms in total. The molecule has 4 rings (SSSR count). The monoisotopic (exact) mass is 431 g/mol. The standard InChI is InChI=1S/C25H25N3O4/c1-2-31-22-11-9-21(10-12-22)28-16-18(14-24(28)29)25(30)27-19-7-5-8-23(15-19)32-17-20-6-3-4-13-26-20/h3-13,15,18H,2,14,16-17H2,1H3,(H,27,30). The number of hydrogen-bond donors (Lipinski definition) is 1. The van der Waals surface area contributed by atoms with Crippen molar-refractivity contribution in [3.05, 3.63) is 78.6 Å². The molecule has 1 N–H and O–H groups in total. The van der Waals surface area contributed by atoms with Crippen molar-refractivity contribution in [1.29, 1.82) is 0 Å². The van der Waals surface area contributed by atoms with E-state index in [1.165, 1.54) is 0 Å². The van der Waals surface area contributed by atoms with Crippen LogP contribution >= 0.6 is 0 Å². The highest BCUT2D eigenvalue weighted by molar-refractivity contribution is 6.03. The summed E-state index contributed by atoms with van der Waals surface area (Å²) in [7, 11) is 0. The second-order valence-corrected chi connectivity index (χ2v) is 7.46. The Labute approximate surface area is 187 Å². The number of aromatic nitrogens is 1. The van der Waals surface area contributed by atoms with Crippen molar-refractivity contribution >= 4 is 23.2 Å². The quantitative estimate of drug-likeness (QED) is 0.582. The molecule has 1 atom stereocenters. The van der Waals surface area contributed by atoms with Crippen molar-refractivity contribution < 1.29 is 19.1 Å². The van der Waals surface area contributed by atoms with Crippen molar-refractivity contribution in [2.75, 3.05) is 23.4 Å². The van der Waals surface area contributed by atoms with E-state index in [4.69, 9.17) is 9.47 Å². The number of benzene rings is 2. The van der Waals surface area contributed by atoms with Crippen LogP contribution in [0.15, 0.2) is 72.9 Å². The SMILES string of the molecule is CCOc1ccc(N2CC(C(=O)Nc3cccc(OCc4ccccn4)c3)CC2=O)cc1. The van der Waals surface area contributed by atoms with Crippen molar-refractivity contribution in [2.45, 2.75) is 20.0 Å². The van der Waals surface area contributed by atoms with Crippen molar-refractivity contribution in [2.24, 2.45) is 5.92 Å². The van der Waals surface area contributed by atoms with E-state index in [2.05, 4.69) is 10.3 Å². The summed E-state index contributed by atoms with van der Waals surface area (Å²) in [6.45, 7) is 3.18. The first-order valence-corrected chi connectivity index (χ1v) is 10.6. The lowest BCUT2D eigenvalue weighted by molar-refractivity contribution is -0.122.